The number of carbonyl (C=O) groups is 1. The first-order chi connectivity index (χ1) is 8.65. The normalized spacial score (nSPS) is 19.8. The molecule has 3 rings (SSSR count). The number of thioether (sulfide) groups is 1. The topological polar surface area (TPSA) is 49.0 Å². The number of aromatic amines is 1. The van der Waals surface area contributed by atoms with Gasteiger partial charge in [-0.3, -0.25) is 14.8 Å². The summed E-state index contributed by atoms with van der Waals surface area (Å²) in [5.41, 5.74) is 0.942. The van der Waals surface area contributed by atoms with Crippen LogP contribution in [0.25, 0.3) is 0 Å². The van der Waals surface area contributed by atoms with Gasteiger partial charge >= 0.3 is 0 Å². The summed E-state index contributed by atoms with van der Waals surface area (Å²) < 4.78 is 0.739. The number of nitrogens with one attached hydrogen (secondary N) is 1. The Bertz CT molecular complexity index is 595. The zero-order chi connectivity index (χ0) is 12.7. The Balaban J connectivity index is 1.97. The van der Waals surface area contributed by atoms with Gasteiger partial charge in [-0.2, -0.15) is 5.10 Å². The Morgan fingerprint density at radius 3 is 3.00 bits per heavy atom. The lowest BCUT2D eigenvalue weighted by Crippen LogP contribution is -2.27. The third-order valence-electron chi connectivity index (χ3n) is 2.64. The third kappa shape index (κ3) is 2.04. The number of nitrogens with zero attached hydrogens (tertiary/aromatic N) is 2. The number of thiophene rings is 1. The van der Waals surface area contributed by atoms with Gasteiger partial charge < -0.3 is 0 Å². The third-order valence-corrected chi connectivity index (χ3v) is 5.27. The fraction of sp³-hybridized carbons (Fsp3) is 0.273. The van der Waals surface area contributed by atoms with Crippen molar-refractivity contribution < 1.29 is 4.79 Å². The maximum atomic E-state index is 12.0. The molecule has 7 heteroatoms. The number of hydrogen-bond acceptors (Lipinski definition) is 4. The first-order valence-electron chi connectivity index (χ1n) is 5.36. The van der Waals surface area contributed by atoms with Gasteiger partial charge in [-0.1, -0.05) is 11.6 Å². The minimum atomic E-state index is -0.0160. The van der Waals surface area contributed by atoms with E-state index in [1.807, 2.05) is 25.1 Å². The Labute approximate surface area is 117 Å². The molecule has 0 saturated carbocycles. The van der Waals surface area contributed by atoms with Crippen LogP contribution in [0.15, 0.2) is 18.2 Å². The van der Waals surface area contributed by atoms with E-state index in [0.29, 0.717) is 11.6 Å². The van der Waals surface area contributed by atoms with Crippen molar-refractivity contribution in [1.29, 1.82) is 0 Å². The number of aromatic nitrogens is 2. The number of rotatable bonds is 2. The molecule has 4 nitrogen and oxygen atoms in total. The van der Waals surface area contributed by atoms with Crippen molar-refractivity contribution >= 4 is 46.4 Å². The van der Waals surface area contributed by atoms with Gasteiger partial charge in [-0.15, -0.1) is 23.1 Å². The average Bonchev–Trinajstić information content (AvgIpc) is 2.99. The quantitative estimate of drug-likeness (QED) is 0.926. The average molecular weight is 300 g/mol. The zero-order valence-electron chi connectivity index (χ0n) is 9.51. The molecular weight excluding hydrogens is 290 g/mol. The van der Waals surface area contributed by atoms with Crippen molar-refractivity contribution in [3.63, 3.8) is 0 Å². The summed E-state index contributed by atoms with van der Waals surface area (Å²) in [6.07, 6.45) is 0. The summed E-state index contributed by atoms with van der Waals surface area (Å²) in [5.74, 6) is 1.24. The molecule has 1 aliphatic heterocycles. The number of anilines is 1. The minimum Gasteiger partial charge on any atom is -0.281 e. The summed E-state index contributed by atoms with van der Waals surface area (Å²) in [4.78, 5) is 14.8. The van der Waals surface area contributed by atoms with Gasteiger partial charge in [0.05, 0.1) is 10.1 Å². The molecule has 2 aromatic heterocycles. The van der Waals surface area contributed by atoms with Crippen molar-refractivity contribution in [3.05, 3.63) is 33.1 Å². The van der Waals surface area contributed by atoms with Crippen molar-refractivity contribution in [3.8, 4) is 0 Å². The lowest BCUT2D eigenvalue weighted by Gasteiger charge is -2.20. The van der Waals surface area contributed by atoms with Gasteiger partial charge in [0.15, 0.2) is 5.82 Å². The Morgan fingerprint density at radius 2 is 2.39 bits per heavy atom. The molecule has 0 radical (unpaired) electrons. The molecule has 1 saturated heterocycles. The largest absolute Gasteiger partial charge is 0.281 e. The molecule has 18 heavy (non-hydrogen) atoms. The van der Waals surface area contributed by atoms with Crippen LogP contribution in [-0.4, -0.2) is 21.9 Å². The highest BCUT2D eigenvalue weighted by Gasteiger charge is 2.36. The van der Waals surface area contributed by atoms with Crippen molar-refractivity contribution in [1.82, 2.24) is 10.2 Å². The number of carbonyl (C=O) groups excluding carboxylic acids is 1. The lowest BCUT2D eigenvalue weighted by molar-refractivity contribution is -0.115. The molecule has 1 fully saturated rings. The van der Waals surface area contributed by atoms with Crippen LogP contribution in [0.4, 0.5) is 5.82 Å². The van der Waals surface area contributed by atoms with Crippen LogP contribution in [-0.2, 0) is 4.79 Å². The smallest absolute Gasteiger partial charge is 0.239 e. The van der Waals surface area contributed by atoms with E-state index in [2.05, 4.69) is 10.2 Å². The second-order valence-corrected chi connectivity index (χ2v) is 6.79. The molecule has 1 N–H and O–H groups in total. The van der Waals surface area contributed by atoms with Crippen molar-refractivity contribution in [2.75, 3.05) is 10.7 Å². The molecule has 0 bridgehead atoms. The van der Waals surface area contributed by atoms with E-state index >= 15 is 0 Å². The minimum absolute atomic E-state index is 0.0160. The molecule has 1 unspecified atom stereocenters. The highest BCUT2D eigenvalue weighted by Crippen LogP contribution is 2.44. The van der Waals surface area contributed by atoms with E-state index in [9.17, 15) is 4.79 Å². The summed E-state index contributed by atoms with van der Waals surface area (Å²) in [6, 6.07) is 5.71. The fourth-order valence-corrected chi connectivity index (χ4v) is 4.31. The molecule has 2 aromatic rings. The molecule has 1 aliphatic rings. The molecule has 0 aliphatic carbocycles. The Morgan fingerprint density at radius 1 is 1.56 bits per heavy atom. The summed E-state index contributed by atoms with van der Waals surface area (Å²) >= 11 is 9.07. The first kappa shape index (κ1) is 12.1. The van der Waals surface area contributed by atoms with Crippen molar-refractivity contribution in [2.45, 2.75) is 12.3 Å². The van der Waals surface area contributed by atoms with Crippen molar-refractivity contribution in [2.24, 2.45) is 0 Å². The van der Waals surface area contributed by atoms with E-state index in [4.69, 9.17) is 11.6 Å². The van der Waals surface area contributed by atoms with Crippen LogP contribution < -0.4 is 4.90 Å². The predicted octanol–water partition coefficient (Wildman–Crippen LogP) is 3.21. The van der Waals surface area contributed by atoms with E-state index in [0.717, 1.165) is 14.9 Å². The number of hydrogen-bond donors (Lipinski definition) is 1. The van der Waals surface area contributed by atoms with E-state index < -0.39 is 0 Å². The molecule has 3 heterocycles. The standard InChI is InChI=1S/C11H10ClN3OS2/c1-6-4-9(14-13-6)15-10(16)5-17-11(15)7-2-3-8(12)18-7/h2-4,11H,5H2,1H3,(H,13,14). The molecular formula is C11H10ClN3OS2. The summed E-state index contributed by atoms with van der Waals surface area (Å²) in [5, 5.41) is 7.02. The lowest BCUT2D eigenvalue weighted by atomic mass is 10.3. The second kappa shape index (κ2) is 4.60. The van der Waals surface area contributed by atoms with E-state index in [1.54, 1.807) is 16.7 Å². The van der Waals surface area contributed by atoms with Crippen LogP contribution in [0.2, 0.25) is 4.34 Å². The maximum Gasteiger partial charge on any atom is 0.239 e. The molecule has 1 atom stereocenters. The van der Waals surface area contributed by atoms with E-state index in [1.165, 1.54) is 11.3 Å². The highest BCUT2D eigenvalue weighted by molar-refractivity contribution is 8.01. The van der Waals surface area contributed by atoms with Gasteiger partial charge in [-0.25, -0.2) is 0 Å². The van der Waals surface area contributed by atoms with Gasteiger partial charge in [-0.05, 0) is 19.1 Å². The molecule has 94 valence electrons. The van der Waals surface area contributed by atoms with Gasteiger partial charge in [0, 0.05) is 16.6 Å². The Hall–Kier alpha value is -0.980. The van der Waals surface area contributed by atoms with Crippen LogP contribution >= 0.6 is 34.7 Å². The number of aryl methyl sites for hydroxylation is 1. The van der Waals surface area contributed by atoms with Crippen LogP contribution in [0.5, 0.6) is 0 Å². The van der Waals surface area contributed by atoms with E-state index in [-0.39, 0.29) is 11.3 Å². The molecule has 1 amide bonds. The van der Waals surface area contributed by atoms with Crippen LogP contribution in [0.3, 0.4) is 0 Å². The SMILES string of the molecule is Cc1cc(N2C(=O)CSC2c2ccc(Cl)s2)n[nH]1. The van der Waals surface area contributed by atoms with Gasteiger partial charge in [0.2, 0.25) is 5.91 Å². The molecule has 0 aromatic carbocycles. The first-order valence-corrected chi connectivity index (χ1v) is 7.60. The summed E-state index contributed by atoms with van der Waals surface area (Å²) in [7, 11) is 0. The van der Waals surface area contributed by atoms with Crippen LogP contribution in [0.1, 0.15) is 15.9 Å². The Kier molecular flexibility index (Phi) is 3.09. The summed E-state index contributed by atoms with van der Waals surface area (Å²) in [6.45, 7) is 1.92. The predicted molar refractivity (Wildman–Crippen MR) is 75.3 cm³/mol. The van der Waals surface area contributed by atoms with Gasteiger partial charge in [0.1, 0.15) is 5.37 Å². The number of H-pyrrole nitrogens is 1. The second-order valence-electron chi connectivity index (χ2n) is 3.98. The molecule has 0 spiro atoms. The monoisotopic (exact) mass is 299 g/mol. The zero-order valence-corrected chi connectivity index (χ0v) is 11.9. The van der Waals surface area contributed by atoms with Gasteiger partial charge in [0.25, 0.3) is 0 Å². The number of amides is 1. The fourth-order valence-electron chi connectivity index (χ4n) is 1.87. The highest BCUT2D eigenvalue weighted by atomic mass is 35.5. The van der Waals surface area contributed by atoms with Crippen LogP contribution in [0, 0.1) is 6.92 Å². The maximum absolute atomic E-state index is 12.0. The number of halogens is 1.